The zero-order valence-corrected chi connectivity index (χ0v) is 20.7. The van der Waals surface area contributed by atoms with Crippen LogP contribution in [0, 0.1) is 11.8 Å². The highest BCUT2D eigenvalue weighted by Crippen LogP contribution is 2.37. The van der Waals surface area contributed by atoms with E-state index in [2.05, 4.69) is 12.2 Å². The number of hydrogen-bond acceptors (Lipinski definition) is 5. The van der Waals surface area contributed by atoms with E-state index in [4.69, 9.17) is 9.73 Å². The van der Waals surface area contributed by atoms with Gasteiger partial charge < -0.3 is 20.1 Å². The molecule has 186 valence electrons. The standard InChI is InChI=1S/C28H35N3O4/c1-4-5-11-24(32)22(16-18-12-13-18)27(33)30-26-28(34)31(2)23-15-14-20(35-3)17-21(23)25(29-26)19-9-7-6-8-10-19/h6-10,14-15,17-18,22,24,26,32H,4-5,11-13,16H2,1-3H3,(H,30,33)/t22-,24+,26-/m1/s1. The first-order valence-electron chi connectivity index (χ1n) is 12.5. The molecule has 2 amide bonds. The number of unbranched alkanes of at least 4 members (excludes halogenated alkanes) is 1. The first-order valence-corrected chi connectivity index (χ1v) is 12.5. The Balaban J connectivity index is 1.69. The number of aliphatic imine (C=N–C) groups is 1. The van der Waals surface area contributed by atoms with E-state index >= 15 is 0 Å². The Hall–Kier alpha value is -3.19. The van der Waals surface area contributed by atoms with Gasteiger partial charge in [-0.15, -0.1) is 0 Å². The van der Waals surface area contributed by atoms with Gasteiger partial charge in [-0.25, -0.2) is 4.99 Å². The van der Waals surface area contributed by atoms with E-state index in [0.29, 0.717) is 35.9 Å². The van der Waals surface area contributed by atoms with Gasteiger partial charge in [0.15, 0.2) is 0 Å². The molecule has 2 N–H and O–H groups in total. The number of carbonyl (C=O) groups is 2. The van der Waals surface area contributed by atoms with Gasteiger partial charge in [0.25, 0.3) is 5.91 Å². The lowest BCUT2D eigenvalue weighted by Crippen LogP contribution is -2.49. The first kappa shape index (κ1) is 24.9. The quantitative estimate of drug-likeness (QED) is 0.543. The minimum Gasteiger partial charge on any atom is -0.497 e. The van der Waals surface area contributed by atoms with E-state index in [9.17, 15) is 14.7 Å². The van der Waals surface area contributed by atoms with E-state index in [0.717, 1.165) is 36.8 Å². The van der Waals surface area contributed by atoms with E-state index in [1.54, 1.807) is 20.2 Å². The van der Waals surface area contributed by atoms with Gasteiger partial charge >= 0.3 is 0 Å². The van der Waals surface area contributed by atoms with Gasteiger partial charge in [-0.05, 0) is 37.0 Å². The normalized spacial score (nSPS) is 19.3. The number of rotatable bonds is 10. The summed E-state index contributed by atoms with van der Waals surface area (Å²) in [6.07, 6.45) is 3.37. The molecule has 2 aliphatic rings. The third kappa shape index (κ3) is 5.73. The summed E-state index contributed by atoms with van der Waals surface area (Å²) in [7, 11) is 3.29. The van der Waals surface area contributed by atoms with Crippen LogP contribution in [0.2, 0.25) is 0 Å². The maximum Gasteiger partial charge on any atom is 0.272 e. The summed E-state index contributed by atoms with van der Waals surface area (Å²) in [6.45, 7) is 2.06. The fourth-order valence-corrected chi connectivity index (χ4v) is 4.61. The number of ether oxygens (including phenoxy) is 1. The summed E-state index contributed by atoms with van der Waals surface area (Å²) >= 11 is 0. The summed E-state index contributed by atoms with van der Waals surface area (Å²) in [6, 6.07) is 15.1. The van der Waals surface area contributed by atoms with Gasteiger partial charge in [0.2, 0.25) is 12.1 Å². The van der Waals surface area contributed by atoms with Gasteiger partial charge in [0, 0.05) is 18.2 Å². The molecule has 0 bridgehead atoms. The van der Waals surface area contributed by atoms with Crippen molar-refractivity contribution in [2.24, 2.45) is 16.8 Å². The molecule has 2 aromatic rings. The van der Waals surface area contributed by atoms with Gasteiger partial charge in [0.1, 0.15) is 5.75 Å². The number of fused-ring (bicyclic) bond motifs is 1. The van der Waals surface area contributed by atoms with Crippen LogP contribution in [0.4, 0.5) is 5.69 Å². The highest BCUT2D eigenvalue weighted by molar-refractivity contribution is 6.20. The minimum absolute atomic E-state index is 0.313. The molecule has 1 heterocycles. The number of benzene rings is 2. The third-order valence-electron chi connectivity index (χ3n) is 6.91. The first-order chi connectivity index (χ1) is 16.9. The topological polar surface area (TPSA) is 91.2 Å². The van der Waals surface area contributed by atoms with Crippen molar-refractivity contribution in [1.82, 2.24) is 5.32 Å². The van der Waals surface area contributed by atoms with Gasteiger partial charge in [-0.3, -0.25) is 9.59 Å². The molecular formula is C28H35N3O4. The van der Waals surface area contributed by atoms with E-state index in [1.165, 1.54) is 4.90 Å². The predicted molar refractivity (Wildman–Crippen MR) is 137 cm³/mol. The summed E-state index contributed by atoms with van der Waals surface area (Å²) in [5, 5.41) is 13.7. The molecule has 0 radical (unpaired) electrons. The fraction of sp³-hybridized carbons (Fsp3) is 0.464. The Morgan fingerprint density at radius 2 is 1.97 bits per heavy atom. The maximum atomic E-state index is 13.5. The highest BCUT2D eigenvalue weighted by atomic mass is 16.5. The van der Waals surface area contributed by atoms with Crippen LogP contribution in [0.25, 0.3) is 0 Å². The number of likely N-dealkylation sites (N-methyl/N-ethyl adjacent to an activating group) is 1. The van der Waals surface area contributed by atoms with Gasteiger partial charge in [0.05, 0.1) is 30.5 Å². The fourth-order valence-electron chi connectivity index (χ4n) is 4.61. The number of amides is 2. The van der Waals surface area contributed by atoms with Crippen LogP contribution < -0.4 is 15.0 Å². The zero-order chi connectivity index (χ0) is 24.9. The number of anilines is 1. The number of nitrogens with zero attached hydrogens (tertiary/aromatic N) is 2. The summed E-state index contributed by atoms with van der Waals surface area (Å²) in [5.74, 6) is -0.0713. The third-order valence-corrected chi connectivity index (χ3v) is 6.91. The second kappa shape index (κ2) is 11.0. The predicted octanol–water partition coefficient (Wildman–Crippen LogP) is 3.92. The molecule has 0 saturated heterocycles. The summed E-state index contributed by atoms with van der Waals surface area (Å²) in [4.78, 5) is 33.2. The van der Waals surface area contributed by atoms with Crippen molar-refractivity contribution in [3.05, 3.63) is 59.7 Å². The SMILES string of the molecule is CCCC[C@H](O)[C@@H](CC1CC1)C(=O)N[C@H]1N=C(c2ccccc2)c2cc(OC)ccc2N(C)C1=O. The molecule has 4 rings (SSSR count). The van der Waals surface area contributed by atoms with Crippen LogP contribution in [0.15, 0.2) is 53.5 Å². The van der Waals surface area contributed by atoms with Crippen LogP contribution in [0.3, 0.4) is 0 Å². The molecule has 1 aliphatic carbocycles. The van der Waals surface area contributed by atoms with Crippen molar-refractivity contribution in [2.45, 2.75) is 57.7 Å². The second-order valence-corrected chi connectivity index (χ2v) is 9.53. The van der Waals surface area contributed by atoms with Crippen LogP contribution >= 0.6 is 0 Å². The number of aliphatic hydroxyl groups is 1. The van der Waals surface area contributed by atoms with Crippen LogP contribution in [-0.4, -0.2) is 49.1 Å². The Labute approximate surface area is 207 Å². The molecule has 1 aliphatic heterocycles. The van der Waals surface area contributed by atoms with Crippen LogP contribution in [0.5, 0.6) is 5.75 Å². The molecule has 7 nitrogen and oxygen atoms in total. The smallest absolute Gasteiger partial charge is 0.272 e. The molecule has 0 spiro atoms. The maximum absolute atomic E-state index is 13.5. The van der Waals surface area contributed by atoms with E-state index in [-0.39, 0.29) is 11.8 Å². The zero-order valence-electron chi connectivity index (χ0n) is 20.7. The summed E-state index contributed by atoms with van der Waals surface area (Å²) < 4.78 is 5.44. The number of nitrogens with one attached hydrogen (secondary N) is 1. The number of aliphatic hydroxyl groups excluding tert-OH is 1. The van der Waals surface area contributed by atoms with Crippen molar-refractivity contribution >= 4 is 23.2 Å². The van der Waals surface area contributed by atoms with Crippen molar-refractivity contribution in [3.8, 4) is 5.75 Å². The molecule has 7 heteroatoms. The van der Waals surface area contributed by atoms with Crippen molar-refractivity contribution in [3.63, 3.8) is 0 Å². The van der Waals surface area contributed by atoms with E-state index in [1.807, 2.05) is 42.5 Å². The number of benzodiazepines with no additional fused rings is 1. The molecule has 35 heavy (non-hydrogen) atoms. The molecule has 3 atom stereocenters. The molecule has 2 aromatic carbocycles. The highest BCUT2D eigenvalue weighted by Gasteiger charge is 2.37. The van der Waals surface area contributed by atoms with Crippen LogP contribution in [-0.2, 0) is 9.59 Å². The Morgan fingerprint density at radius 3 is 2.63 bits per heavy atom. The Bertz CT molecular complexity index is 1080. The summed E-state index contributed by atoms with van der Waals surface area (Å²) in [5.41, 5.74) is 2.88. The molecule has 1 saturated carbocycles. The van der Waals surface area contributed by atoms with Gasteiger partial charge in [-0.1, -0.05) is 62.9 Å². The Morgan fingerprint density at radius 1 is 1.23 bits per heavy atom. The van der Waals surface area contributed by atoms with Crippen LogP contribution in [0.1, 0.15) is 56.6 Å². The van der Waals surface area contributed by atoms with Gasteiger partial charge in [-0.2, -0.15) is 0 Å². The van der Waals surface area contributed by atoms with Crippen molar-refractivity contribution in [2.75, 3.05) is 19.1 Å². The molecule has 0 unspecified atom stereocenters. The molecule has 1 fully saturated rings. The number of carbonyl (C=O) groups excluding carboxylic acids is 2. The minimum atomic E-state index is -1.10. The van der Waals surface area contributed by atoms with Crippen molar-refractivity contribution in [1.29, 1.82) is 0 Å². The molecule has 0 aromatic heterocycles. The average molecular weight is 478 g/mol. The lowest BCUT2D eigenvalue weighted by atomic mass is 9.91. The lowest BCUT2D eigenvalue weighted by molar-refractivity contribution is -0.133. The number of hydrogen-bond donors (Lipinski definition) is 2. The van der Waals surface area contributed by atoms with Crippen molar-refractivity contribution < 1.29 is 19.4 Å². The average Bonchev–Trinajstić information content (AvgIpc) is 3.72. The lowest BCUT2D eigenvalue weighted by Gasteiger charge is -2.25. The Kier molecular flexibility index (Phi) is 7.86. The largest absolute Gasteiger partial charge is 0.497 e. The monoisotopic (exact) mass is 477 g/mol. The second-order valence-electron chi connectivity index (χ2n) is 9.53. The number of methoxy groups -OCH3 is 1. The van der Waals surface area contributed by atoms with E-state index < -0.39 is 18.2 Å². The molecular weight excluding hydrogens is 442 g/mol.